The molecule has 0 spiro atoms. The van der Waals surface area contributed by atoms with Gasteiger partial charge in [0.05, 0.1) is 5.69 Å². The van der Waals surface area contributed by atoms with Gasteiger partial charge in [-0.3, -0.25) is 4.79 Å². The second-order valence-corrected chi connectivity index (χ2v) is 5.87. The van der Waals surface area contributed by atoms with E-state index < -0.39 is 5.91 Å². The number of nitriles is 1. The van der Waals surface area contributed by atoms with Gasteiger partial charge in [-0.05, 0) is 58.1 Å². The number of nitrogens with one attached hydrogen (secondary N) is 1. The maximum atomic E-state index is 12.1. The van der Waals surface area contributed by atoms with Crippen molar-refractivity contribution in [3.05, 3.63) is 56.2 Å². The van der Waals surface area contributed by atoms with Crippen LogP contribution in [0, 0.1) is 18.3 Å². The molecule has 0 unspecified atom stereocenters. The minimum Gasteiger partial charge on any atom is -0.320 e. The number of benzene rings is 1. The van der Waals surface area contributed by atoms with Gasteiger partial charge < -0.3 is 5.32 Å². The molecule has 2 rings (SSSR count). The molecule has 0 aliphatic carbocycles. The Kier molecular flexibility index (Phi) is 4.72. The molecule has 0 bridgehead atoms. The zero-order valence-electron chi connectivity index (χ0n) is 10.7. The maximum Gasteiger partial charge on any atom is 0.266 e. The molecule has 1 aromatic carbocycles. The van der Waals surface area contributed by atoms with Crippen LogP contribution in [0.1, 0.15) is 10.4 Å². The molecule has 1 aromatic heterocycles. The molecule has 2 aromatic rings. The summed E-state index contributed by atoms with van der Waals surface area (Å²) in [5, 5.41) is 13.8. The number of nitrogens with zero attached hydrogens (tertiary/aromatic N) is 1. The number of carbonyl (C=O) groups is 1. The molecule has 20 heavy (non-hydrogen) atoms. The van der Waals surface area contributed by atoms with Crippen molar-refractivity contribution in [2.45, 2.75) is 6.92 Å². The van der Waals surface area contributed by atoms with Crippen molar-refractivity contribution >= 4 is 44.9 Å². The third-order valence-corrected chi connectivity index (χ3v) is 4.32. The highest BCUT2D eigenvalue weighted by Crippen LogP contribution is 2.23. The highest BCUT2D eigenvalue weighted by atomic mass is 79.9. The number of hydrogen-bond donors (Lipinski definition) is 1. The molecule has 100 valence electrons. The first-order valence-electron chi connectivity index (χ1n) is 5.83. The first-order valence-corrected chi connectivity index (χ1v) is 7.51. The lowest BCUT2D eigenvalue weighted by atomic mass is 10.2. The minimum atomic E-state index is -0.410. The molecule has 0 aliphatic heterocycles. The van der Waals surface area contributed by atoms with Crippen LogP contribution in [0.2, 0.25) is 0 Å². The quantitative estimate of drug-likeness (QED) is 0.662. The average molecular weight is 347 g/mol. The largest absolute Gasteiger partial charge is 0.320 e. The van der Waals surface area contributed by atoms with E-state index in [9.17, 15) is 4.79 Å². The van der Waals surface area contributed by atoms with Crippen LogP contribution in [-0.2, 0) is 4.79 Å². The van der Waals surface area contributed by atoms with E-state index in [0.717, 1.165) is 14.9 Å². The van der Waals surface area contributed by atoms with Crippen LogP contribution in [0.3, 0.4) is 0 Å². The monoisotopic (exact) mass is 346 g/mol. The van der Waals surface area contributed by atoms with Crippen LogP contribution in [0.15, 0.2) is 45.8 Å². The van der Waals surface area contributed by atoms with E-state index >= 15 is 0 Å². The summed E-state index contributed by atoms with van der Waals surface area (Å²) in [7, 11) is 0. The van der Waals surface area contributed by atoms with Gasteiger partial charge in [0, 0.05) is 9.35 Å². The fourth-order valence-electron chi connectivity index (χ4n) is 1.56. The fraction of sp³-hybridized carbons (Fsp3) is 0.0667. The van der Waals surface area contributed by atoms with E-state index in [0.29, 0.717) is 5.69 Å². The lowest BCUT2D eigenvalue weighted by Gasteiger charge is -2.06. The molecule has 5 heteroatoms. The number of aryl methyl sites for hydroxylation is 1. The van der Waals surface area contributed by atoms with E-state index in [-0.39, 0.29) is 5.57 Å². The topological polar surface area (TPSA) is 52.9 Å². The summed E-state index contributed by atoms with van der Waals surface area (Å²) >= 11 is 4.86. The lowest BCUT2D eigenvalue weighted by molar-refractivity contribution is -0.112. The number of carbonyl (C=O) groups excluding carboxylic acids is 1. The second-order valence-electron chi connectivity index (χ2n) is 4.07. The molecular formula is C15H11BrN2OS. The second kappa shape index (κ2) is 6.51. The highest BCUT2D eigenvalue weighted by molar-refractivity contribution is 9.10. The van der Waals surface area contributed by atoms with Crippen molar-refractivity contribution in [3.8, 4) is 6.07 Å². The standard InChI is InChI=1S/C15H11BrN2OS/c1-10-6-7-20-14(10)8-11(9-17)15(19)18-13-5-3-2-4-12(13)16/h2-8H,1H3,(H,18,19)/b11-8+. The zero-order valence-corrected chi connectivity index (χ0v) is 13.1. The Morgan fingerprint density at radius 3 is 2.75 bits per heavy atom. The van der Waals surface area contributed by atoms with Gasteiger partial charge in [0.15, 0.2) is 0 Å². The number of para-hydroxylation sites is 1. The van der Waals surface area contributed by atoms with E-state index in [1.54, 1.807) is 12.1 Å². The Hall–Kier alpha value is -1.90. The summed E-state index contributed by atoms with van der Waals surface area (Å²) in [6.45, 7) is 1.95. The predicted molar refractivity (Wildman–Crippen MR) is 85.4 cm³/mol. The molecule has 0 saturated heterocycles. The third kappa shape index (κ3) is 3.35. The Labute approximate surface area is 129 Å². The summed E-state index contributed by atoms with van der Waals surface area (Å²) in [6.07, 6.45) is 1.62. The lowest BCUT2D eigenvalue weighted by Crippen LogP contribution is -2.13. The molecule has 0 aliphatic rings. The van der Waals surface area contributed by atoms with Crippen LogP contribution in [0.4, 0.5) is 5.69 Å². The van der Waals surface area contributed by atoms with Crippen molar-refractivity contribution < 1.29 is 4.79 Å². The van der Waals surface area contributed by atoms with Crippen LogP contribution in [-0.4, -0.2) is 5.91 Å². The van der Waals surface area contributed by atoms with Crippen LogP contribution >= 0.6 is 27.3 Å². The Bertz CT molecular complexity index is 713. The van der Waals surface area contributed by atoms with Gasteiger partial charge in [0.1, 0.15) is 11.6 Å². The van der Waals surface area contributed by atoms with Gasteiger partial charge in [0.25, 0.3) is 5.91 Å². The minimum absolute atomic E-state index is 0.0892. The molecular weight excluding hydrogens is 336 g/mol. The van der Waals surface area contributed by atoms with Gasteiger partial charge in [-0.1, -0.05) is 12.1 Å². The Balaban J connectivity index is 2.23. The molecule has 3 nitrogen and oxygen atoms in total. The molecule has 0 atom stereocenters. The van der Waals surface area contributed by atoms with Gasteiger partial charge in [-0.2, -0.15) is 5.26 Å². The molecule has 0 saturated carbocycles. The summed E-state index contributed by atoms with van der Waals surface area (Å²) in [6, 6.07) is 11.2. The smallest absolute Gasteiger partial charge is 0.266 e. The SMILES string of the molecule is Cc1ccsc1/C=C(\C#N)C(=O)Nc1ccccc1Br. The van der Waals surface area contributed by atoms with Gasteiger partial charge in [-0.25, -0.2) is 0 Å². The van der Waals surface area contributed by atoms with Gasteiger partial charge >= 0.3 is 0 Å². The third-order valence-electron chi connectivity index (χ3n) is 2.66. The number of thiophene rings is 1. The predicted octanol–water partition coefficient (Wildman–Crippen LogP) is 4.36. The molecule has 1 N–H and O–H groups in total. The summed E-state index contributed by atoms with van der Waals surface area (Å²) in [5.74, 6) is -0.410. The van der Waals surface area contributed by atoms with E-state index in [1.807, 2.05) is 42.6 Å². The van der Waals surface area contributed by atoms with Crippen molar-refractivity contribution in [1.29, 1.82) is 5.26 Å². The van der Waals surface area contributed by atoms with E-state index in [1.165, 1.54) is 11.3 Å². The van der Waals surface area contributed by atoms with E-state index in [2.05, 4.69) is 21.2 Å². The van der Waals surface area contributed by atoms with Gasteiger partial charge in [-0.15, -0.1) is 11.3 Å². The summed E-state index contributed by atoms with van der Waals surface area (Å²) < 4.78 is 0.776. The molecule has 1 heterocycles. The molecule has 1 amide bonds. The van der Waals surface area contributed by atoms with Crippen molar-refractivity contribution in [2.75, 3.05) is 5.32 Å². The number of rotatable bonds is 3. The molecule has 0 radical (unpaired) electrons. The number of halogens is 1. The first kappa shape index (κ1) is 14.5. The Morgan fingerprint density at radius 2 is 2.15 bits per heavy atom. The highest BCUT2D eigenvalue weighted by Gasteiger charge is 2.11. The van der Waals surface area contributed by atoms with Crippen molar-refractivity contribution in [1.82, 2.24) is 0 Å². The average Bonchev–Trinajstić information content (AvgIpc) is 2.84. The zero-order chi connectivity index (χ0) is 14.5. The first-order chi connectivity index (χ1) is 9.61. The van der Waals surface area contributed by atoms with Crippen molar-refractivity contribution in [3.63, 3.8) is 0 Å². The van der Waals surface area contributed by atoms with E-state index in [4.69, 9.17) is 5.26 Å². The normalized spacial score (nSPS) is 10.9. The molecule has 0 fully saturated rings. The number of hydrogen-bond acceptors (Lipinski definition) is 3. The summed E-state index contributed by atoms with van der Waals surface area (Å²) in [4.78, 5) is 13.0. The van der Waals surface area contributed by atoms with Gasteiger partial charge in [0.2, 0.25) is 0 Å². The fourth-order valence-corrected chi connectivity index (χ4v) is 2.81. The van der Waals surface area contributed by atoms with Crippen LogP contribution in [0.25, 0.3) is 6.08 Å². The van der Waals surface area contributed by atoms with Crippen LogP contribution in [0.5, 0.6) is 0 Å². The van der Waals surface area contributed by atoms with Crippen molar-refractivity contribution in [2.24, 2.45) is 0 Å². The number of anilines is 1. The number of amides is 1. The Morgan fingerprint density at radius 1 is 1.40 bits per heavy atom. The maximum absolute atomic E-state index is 12.1. The van der Waals surface area contributed by atoms with Crippen LogP contribution < -0.4 is 5.32 Å². The summed E-state index contributed by atoms with van der Waals surface area (Å²) in [5.41, 5.74) is 1.78.